The highest BCUT2D eigenvalue weighted by atomic mass is 32.1. The smallest absolute Gasteiger partial charge is 0.258 e. The minimum absolute atomic E-state index is 0.000189. The van der Waals surface area contributed by atoms with Gasteiger partial charge in [0.05, 0.1) is 12.2 Å². The highest BCUT2D eigenvalue weighted by molar-refractivity contribution is 7.13. The lowest BCUT2D eigenvalue weighted by Gasteiger charge is -2.08. The zero-order chi connectivity index (χ0) is 17.6. The first kappa shape index (κ1) is 17.2. The van der Waals surface area contributed by atoms with Gasteiger partial charge in [-0.3, -0.25) is 4.79 Å². The lowest BCUT2D eigenvalue weighted by Crippen LogP contribution is -2.28. The van der Waals surface area contributed by atoms with Crippen LogP contribution in [0.1, 0.15) is 16.8 Å². The molecule has 0 aliphatic rings. The van der Waals surface area contributed by atoms with Gasteiger partial charge >= 0.3 is 0 Å². The quantitative estimate of drug-likeness (QED) is 0.726. The van der Waals surface area contributed by atoms with E-state index in [9.17, 15) is 4.79 Å². The Hall–Kier alpha value is -2.66. The van der Waals surface area contributed by atoms with Gasteiger partial charge in [0.25, 0.3) is 5.91 Å². The maximum absolute atomic E-state index is 12.0. The Kier molecular flexibility index (Phi) is 5.46. The predicted molar refractivity (Wildman–Crippen MR) is 101 cm³/mol. The minimum Gasteiger partial charge on any atom is -0.484 e. The summed E-state index contributed by atoms with van der Waals surface area (Å²) in [6.07, 6.45) is 0. The van der Waals surface area contributed by atoms with Crippen molar-refractivity contribution in [1.29, 1.82) is 0 Å². The topological polar surface area (TPSA) is 51.2 Å². The first-order valence-corrected chi connectivity index (χ1v) is 8.96. The molecule has 0 radical (unpaired) electrons. The van der Waals surface area contributed by atoms with E-state index >= 15 is 0 Å². The van der Waals surface area contributed by atoms with Crippen molar-refractivity contribution >= 4 is 17.2 Å². The second-order valence-electron chi connectivity index (χ2n) is 5.84. The van der Waals surface area contributed by atoms with Gasteiger partial charge in [0.1, 0.15) is 10.8 Å². The number of carbonyl (C=O) groups is 1. The fourth-order valence-electron chi connectivity index (χ4n) is 2.32. The Balaban J connectivity index is 1.51. The number of para-hydroxylation sites is 1. The van der Waals surface area contributed by atoms with Crippen LogP contribution < -0.4 is 10.1 Å². The third-order valence-corrected chi connectivity index (χ3v) is 4.71. The van der Waals surface area contributed by atoms with E-state index < -0.39 is 0 Å². The van der Waals surface area contributed by atoms with Crippen molar-refractivity contribution in [3.8, 4) is 16.3 Å². The van der Waals surface area contributed by atoms with Gasteiger partial charge in [-0.1, -0.05) is 48.0 Å². The molecule has 1 amide bonds. The van der Waals surface area contributed by atoms with E-state index in [2.05, 4.69) is 41.5 Å². The molecule has 1 heterocycles. The van der Waals surface area contributed by atoms with Crippen molar-refractivity contribution in [2.45, 2.75) is 20.4 Å². The molecule has 25 heavy (non-hydrogen) atoms. The Morgan fingerprint density at radius 1 is 1.12 bits per heavy atom. The first-order valence-electron chi connectivity index (χ1n) is 8.08. The van der Waals surface area contributed by atoms with E-state index in [-0.39, 0.29) is 12.5 Å². The molecule has 0 saturated heterocycles. The summed E-state index contributed by atoms with van der Waals surface area (Å²) in [5.41, 5.74) is 4.18. The normalized spacial score (nSPS) is 10.5. The third kappa shape index (κ3) is 4.67. The zero-order valence-electron chi connectivity index (χ0n) is 14.3. The molecule has 1 N–H and O–H groups in total. The van der Waals surface area contributed by atoms with Crippen LogP contribution in [0.15, 0.2) is 53.9 Å². The average molecular weight is 352 g/mol. The van der Waals surface area contributed by atoms with Gasteiger partial charge in [0.2, 0.25) is 0 Å². The number of nitrogens with one attached hydrogen (secondary N) is 1. The highest BCUT2D eigenvalue weighted by Gasteiger charge is 2.08. The second kappa shape index (κ2) is 7.94. The summed E-state index contributed by atoms with van der Waals surface area (Å²) in [6.45, 7) is 4.42. The van der Waals surface area contributed by atoms with Gasteiger partial charge < -0.3 is 10.1 Å². The molecule has 2 aromatic carbocycles. The number of rotatable bonds is 6. The molecule has 5 heteroatoms. The van der Waals surface area contributed by atoms with Crippen molar-refractivity contribution in [3.63, 3.8) is 0 Å². The molecule has 1 aromatic heterocycles. The summed E-state index contributed by atoms with van der Waals surface area (Å²) < 4.78 is 5.54. The minimum atomic E-state index is -0.159. The third-order valence-electron chi connectivity index (χ3n) is 3.77. The molecule has 0 spiro atoms. The average Bonchev–Trinajstić information content (AvgIpc) is 3.09. The zero-order valence-corrected chi connectivity index (χ0v) is 15.1. The van der Waals surface area contributed by atoms with Crippen LogP contribution in [0, 0.1) is 13.8 Å². The maximum Gasteiger partial charge on any atom is 0.258 e. The van der Waals surface area contributed by atoms with Crippen LogP contribution >= 0.6 is 11.3 Å². The Bertz CT molecular complexity index is 856. The van der Waals surface area contributed by atoms with E-state index in [0.29, 0.717) is 6.54 Å². The number of hydrogen-bond donors (Lipinski definition) is 1. The van der Waals surface area contributed by atoms with Crippen LogP contribution in [-0.2, 0) is 11.3 Å². The summed E-state index contributed by atoms with van der Waals surface area (Å²) in [5, 5.41) is 5.77. The molecule has 0 saturated carbocycles. The molecular formula is C20H20N2O2S. The van der Waals surface area contributed by atoms with Crippen molar-refractivity contribution in [2.75, 3.05) is 6.61 Å². The van der Waals surface area contributed by atoms with E-state index in [4.69, 9.17) is 4.74 Å². The number of hydrogen-bond acceptors (Lipinski definition) is 4. The van der Waals surface area contributed by atoms with Gasteiger partial charge in [0.15, 0.2) is 6.61 Å². The number of benzene rings is 2. The summed E-state index contributed by atoms with van der Waals surface area (Å²) in [6, 6.07) is 15.9. The molecule has 3 aromatic rings. The lowest BCUT2D eigenvalue weighted by atomic mass is 10.2. The monoisotopic (exact) mass is 352 g/mol. The van der Waals surface area contributed by atoms with Crippen LogP contribution in [0.25, 0.3) is 10.6 Å². The van der Waals surface area contributed by atoms with Crippen molar-refractivity contribution in [1.82, 2.24) is 10.3 Å². The van der Waals surface area contributed by atoms with E-state index in [1.807, 2.05) is 36.6 Å². The molecule has 0 unspecified atom stereocenters. The van der Waals surface area contributed by atoms with Crippen LogP contribution in [0.4, 0.5) is 0 Å². The maximum atomic E-state index is 12.0. The number of amides is 1. The fraction of sp³-hybridized carbons (Fsp3) is 0.200. The van der Waals surface area contributed by atoms with E-state index in [1.54, 1.807) is 11.3 Å². The number of aryl methyl sites for hydroxylation is 2. The largest absolute Gasteiger partial charge is 0.484 e. The van der Waals surface area contributed by atoms with Crippen molar-refractivity contribution in [3.05, 3.63) is 70.7 Å². The van der Waals surface area contributed by atoms with Gasteiger partial charge in [-0.05, 0) is 25.5 Å². The van der Waals surface area contributed by atoms with Crippen LogP contribution in [0.3, 0.4) is 0 Å². The molecule has 128 valence electrons. The Labute approximate surface area is 151 Å². The van der Waals surface area contributed by atoms with Gasteiger partial charge in [-0.2, -0.15) is 0 Å². The Morgan fingerprint density at radius 2 is 1.88 bits per heavy atom. The van der Waals surface area contributed by atoms with Crippen LogP contribution in [0.2, 0.25) is 0 Å². The lowest BCUT2D eigenvalue weighted by molar-refractivity contribution is -0.123. The molecule has 0 atom stereocenters. The standard InChI is InChI=1S/C20H20N2O2S/c1-14-7-9-16(10-8-14)20-22-17(13-25-20)11-21-19(23)12-24-18-6-4-3-5-15(18)2/h3-10,13H,11-12H2,1-2H3,(H,21,23). The summed E-state index contributed by atoms with van der Waals surface area (Å²) in [5.74, 6) is 0.570. The van der Waals surface area contributed by atoms with E-state index in [1.165, 1.54) is 5.56 Å². The highest BCUT2D eigenvalue weighted by Crippen LogP contribution is 2.24. The Morgan fingerprint density at radius 3 is 2.64 bits per heavy atom. The SMILES string of the molecule is Cc1ccc(-c2nc(CNC(=O)COc3ccccc3C)cs2)cc1. The van der Waals surface area contributed by atoms with Crippen molar-refractivity contribution < 1.29 is 9.53 Å². The number of ether oxygens (including phenoxy) is 1. The number of aromatic nitrogens is 1. The first-order chi connectivity index (χ1) is 12.1. The van der Waals surface area contributed by atoms with E-state index in [0.717, 1.165) is 27.6 Å². The molecular weight excluding hydrogens is 332 g/mol. The molecule has 0 aliphatic heterocycles. The fourth-order valence-corrected chi connectivity index (χ4v) is 3.14. The van der Waals surface area contributed by atoms with Crippen LogP contribution in [0.5, 0.6) is 5.75 Å². The second-order valence-corrected chi connectivity index (χ2v) is 6.70. The molecule has 4 nitrogen and oxygen atoms in total. The molecule has 0 bridgehead atoms. The molecule has 0 aliphatic carbocycles. The van der Waals surface area contributed by atoms with Crippen LogP contribution in [-0.4, -0.2) is 17.5 Å². The predicted octanol–water partition coefficient (Wildman–Crippen LogP) is 4.12. The summed E-state index contributed by atoms with van der Waals surface area (Å²) in [4.78, 5) is 16.5. The van der Waals surface area contributed by atoms with Crippen molar-refractivity contribution in [2.24, 2.45) is 0 Å². The summed E-state index contributed by atoms with van der Waals surface area (Å²) >= 11 is 1.58. The van der Waals surface area contributed by atoms with Gasteiger partial charge in [0, 0.05) is 10.9 Å². The summed E-state index contributed by atoms with van der Waals surface area (Å²) in [7, 11) is 0. The number of thiazole rings is 1. The number of carbonyl (C=O) groups excluding carboxylic acids is 1. The molecule has 3 rings (SSSR count). The number of nitrogens with zero attached hydrogens (tertiary/aromatic N) is 1. The van der Waals surface area contributed by atoms with Gasteiger partial charge in [-0.25, -0.2) is 4.98 Å². The molecule has 0 fully saturated rings. The van der Waals surface area contributed by atoms with Gasteiger partial charge in [-0.15, -0.1) is 11.3 Å².